The summed E-state index contributed by atoms with van der Waals surface area (Å²) in [6.07, 6.45) is 8.49. The third kappa shape index (κ3) is 1.87. The zero-order valence-corrected chi connectivity index (χ0v) is 6.71. The van der Waals surface area contributed by atoms with Gasteiger partial charge in [-0.05, 0) is 12.5 Å². The van der Waals surface area contributed by atoms with E-state index in [-0.39, 0.29) is 0 Å². The van der Waals surface area contributed by atoms with Crippen molar-refractivity contribution in [2.45, 2.75) is 13.3 Å². The van der Waals surface area contributed by atoms with Crippen LogP contribution in [0.4, 0.5) is 0 Å². The molecule has 1 fully saturated rings. The Labute approximate surface area is 67.0 Å². The van der Waals surface area contributed by atoms with E-state index in [9.17, 15) is 0 Å². The van der Waals surface area contributed by atoms with Crippen molar-refractivity contribution in [1.82, 2.24) is 0 Å². The van der Waals surface area contributed by atoms with Crippen LogP contribution in [-0.4, -0.2) is 6.61 Å². The molecule has 0 aromatic rings. The maximum absolute atomic E-state index is 5.34. The molecule has 0 amide bonds. The van der Waals surface area contributed by atoms with Gasteiger partial charge in [-0.2, -0.15) is 0 Å². The standard InChI is InChI=1S/C9H13NO/c1-2-3-4-8-5-6-11-9(8)7-10/h2-4,7H,5-6,10H2,1H3/b3-2-,8-4-,9-7+. The van der Waals surface area contributed by atoms with Crippen LogP contribution in [0.1, 0.15) is 13.3 Å². The Hall–Kier alpha value is -1.18. The minimum Gasteiger partial charge on any atom is -0.491 e. The highest BCUT2D eigenvalue weighted by atomic mass is 16.5. The van der Waals surface area contributed by atoms with Gasteiger partial charge in [0.25, 0.3) is 0 Å². The summed E-state index contributed by atoms with van der Waals surface area (Å²) in [6.45, 7) is 2.74. The Morgan fingerprint density at radius 2 is 2.36 bits per heavy atom. The van der Waals surface area contributed by atoms with Gasteiger partial charge in [-0.15, -0.1) is 0 Å². The van der Waals surface area contributed by atoms with E-state index in [1.807, 2.05) is 25.2 Å². The first kappa shape index (κ1) is 7.92. The molecule has 1 aliphatic heterocycles. The fourth-order valence-corrected chi connectivity index (χ4v) is 1.02. The predicted molar refractivity (Wildman–Crippen MR) is 45.7 cm³/mol. The molecule has 2 heteroatoms. The number of hydrogen-bond donors (Lipinski definition) is 1. The highest BCUT2D eigenvalue weighted by Gasteiger charge is 2.12. The summed E-state index contributed by atoms with van der Waals surface area (Å²) in [5.74, 6) is 0.822. The highest BCUT2D eigenvalue weighted by molar-refractivity contribution is 5.31. The quantitative estimate of drug-likeness (QED) is 0.619. The molecular formula is C9H13NO. The second-order valence-corrected chi connectivity index (χ2v) is 2.35. The molecule has 1 heterocycles. The average molecular weight is 151 g/mol. The lowest BCUT2D eigenvalue weighted by Crippen LogP contribution is -1.87. The summed E-state index contributed by atoms with van der Waals surface area (Å²) >= 11 is 0. The second kappa shape index (κ2) is 3.86. The fraction of sp³-hybridized carbons (Fsp3) is 0.333. The van der Waals surface area contributed by atoms with Gasteiger partial charge >= 0.3 is 0 Å². The molecule has 11 heavy (non-hydrogen) atoms. The molecule has 0 unspecified atom stereocenters. The van der Waals surface area contributed by atoms with E-state index in [0.29, 0.717) is 0 Å². The van der Waals surface area contributed by atoms with Crippen molar-refractivity contribution in [3.63, 3.8) is 0 Å². The molecule has 0 aliphatic carbocycles. The molecule has 0 saturated carbocycles. The van der Waals surface area contributed by atoms with E-state index in [0.717, 1.165) is 18.8 Å². The van der Waals surface area contributed by atoms with Crippen LogP contribution in [0.25, 0.3) is 0 Å². The van der Waals surface area contributed by atoms with Gasteiger partial charge in [-0.25, -0.2) is 0 Å². The number of nitrogens with two attached hydrogens (primary N) is 1. The maximum atomic E-state index is 5.34. The van der Waals surface area contributed by atoms with Crippen molar-refractivity contribution in [1.29, 1.82) is 0 Å². The summed E-state index contributed by atoms with van der Waals surface area (Å²) in [7, 11) is 0. The predicted octanol–water partition coefficient (Wildman–Crippen LogP) is 1.71. The van der Waals surface area contributed by atoms with Gasteiger partial charge in [0, 0.05) is 12.6 Å². The normalized spacial score (nSPS) is 25.2. The molecule has 1 saturated heterocycles. The van der Waals surface area contributed by atoms with Gasteiger partial charge < -0.3 is 10.5 Å². The molecule has 0 atom stereocenters. The second-order valence-electron chi connectivity index (χ2n) is 2.35. The van der Waals surface area contributed by atoms with Crippen LogP contribution < -0.4 is 5.73 Å². The molecule has 2 N–H and O–H groups in total. The Kier molecular flexibility index (Phi) is 2.78. The molecule has 0 bridgehead atoms. The van der Waals surface area contributed by atoms with Crippen molar-refractivity contribution in [2.24, 2.45) is 5.73 Å². The van der Waals surface area contributed by atoms with Crippen LogP contribution in [0, 0.1) is 0 Å². The number of ether oxygens (including phenoxy) is 1. The number of allylic oxidation sites excluding steroid dienone is 4. The van der Waals surface area contributed by atoms with E-state index in [4.69, 9.17) is 10.5 Å². The molecular weight excluding hydrogens is 138 g/mol. The average Bonchev–Trinajstić information content (AvgIpc) is 2.47. The molecule has 1 aliphatic rings. The van der Waals surface area contributed by atoms with Crippen LogP contribution >= 0.6 is 0 Å². The lowest BCUT2D eigenvalue weighted by Gasteiger charge is -1.95. The first-order chi connectivity index (χ1) is 5.38. The smallest absolute Gasteiger partial charge is 0.138 e. The SMILES string of the molecule is C\C=C/C=C1/CCO/C1=C/N. The topological polar surface area (TPSA) is 35.2 Å². The number of rotatable bonds is 1. The largest absolute Gasteiger partial charge is 0.491 e. The highest BCUT2D eigenvalue weighted by Crippen LogP contribution is 2.22. The third-order valence-corrected chi connectivity index (χ3v) is 1.59. The van der Waals surface area contributed by atoms with Gasteiger partial charge in [-0.3, -0.25) is 0 Å². The monoisotopic (exact) mass is 151 g/mol. The Balaban J connectivity index is 2.71. The van der Waals surface area contributed by atoms with E-state index in [1.165, 1.54) is 11.8 Å². The fourth-order valence-electron chi connectivity index (χ4n) is 1.02. The first-order valence-corrected chi connectivity index (χ1v) is 3.75. The Bertz CT molecular complexity index is 214. The molecule has 0 aromatic heterocycles. The molecule has 0 radical (unpaired) electrons. The van der Waals surface area contributed by atoms with Crippen LogP contribution in [0.2, 0.25) is 0 Å². The third-order valence-electron chi connectivity index (χ3n) is 1.59. The summed E-state index contributed by atoms with van der Waals surface area (Å²) in [6, 6.07) is 0. The minimum atomic E-state index is 0.756. The van der Waals surface area contributed by atoms with E-state index < -0.39 is 0 Å². The lowest BCUT2D eigenvalue weighted by molar-refractivity contribution is 0.265. The lowest BCUT2D eigenvalue weighted by atomic mass is 10.2. The van der Waals surface area contributed by atoms with E-state index >= 15 is 0 Å². The zero-order chi connectivity index (χ0) is 8.10. The van der Waals surface area contributed by atoms with Crippen molar-refractivity contribution in [3.05, 3.63) is 35.8 Å². The molecule has 60 valence electrons. The van der Waals surface area contributed by atoms with Gasteiger partial charge in [-0.1, -0.05) is 18.2 Å². The van der Waals surface area contributed by atoms with Crippen LogP contribution in [0.3, 0.4) is 0 Å². The zero-order valence-electron chi connectivity index (χ0n) is 6.71. The Morgan fingerprint density at radius 1 is 1.55 bits per heavy atom. The summed E-state index contributed by atoms with van der Waals surface area (Å²) in [5, 5.41) is 0. The van der Waals surface area contributed by atoms with Crippen LogP contribution in [-0.2, 0) is 4.74 Å². The van der Waals surface area contributed by atoms with Crippen molar-refractivity contribution in [2.75, 3.05) is 6.61 Å². The maximum Gasteiger partial charge on any atom is 0.138 e. The summed E-state index contributed by atoms with van der Waals surface area (Å²) < 4.78 is 5.25. The van der Waals surface area contributed by atoms with Gasteiger partial charge in [0.2, 0.25) is 0 Å². The minimum absolute atomic E-state index is 0.756. The van der Waals surface area contributed by atoms with Crippen molar-refractivity contribution >= 4 is 0 Å². The molecule has 0 aromatic carbocycles. The summed E-state index contributed by atoms with van der Waals surface area (Å²) in [5.41, 5.74) is 6.53. The van der Waals surface area contributed by atoms with Crippen molar-refractivity contribution < 1.29 is 4.74 Å². The van der Waals surface area contributed by atoms with E-state index in [1.54, 1.807) is 0 Å². The summed E-state index contributed by atoms with van der Waals surface area (Å²) in [4.78, 5) is 0. The molecule has 2 nitrogen and oxygen atoms in total. The van der Waals surface area contributed by atoms with Gasteiger partial charge in [0.15, 0.2) is 0 Å². The van der Waals surface area contributed by atoms with E-state index in [2.05, 4.69) is 0 Å². The van der Waals surface area contributed by atoms with Gasteiger partial charge in [0.05, 0.1) is 6.61 Å². The van der Waals surface area contributed by atoms with Crippen molar-refractivity contribution in [3.8, 4) is 0 Å². The molecule has 0 spiro atoms. The number of hydrogen-bond acceptors (Lipinski definition) is 2. The van der Waals surface area contributed by atoms with Gasteiger partial charge in [0.1, 0.15) is 5.76 Å². The Morgan fingerprint density at radius 3 is 3.00 bits per heavy atom. The van der Waals surface area contributed by atoms with Crippen LogP contribution in [0.5, 0.6) is 0 Å². The molecule has 1 rings (SSSR count). The van der Waals surface area contributed by atoms with Crippen LogP contribution in [0.15, 0.2) is 35.8 Å². The first-order valence-electron chi connectivity index (χ1n) is 3.75.